The van der Waals surface area contributed by atoms with E-state index in [2.05, 4.69) is 0 Å². The maximum atomic E-state index is 12.5. The topological polar surface area (TPSA) is 76.1 Å². The Bertz CT molecular complexity index is 688. The molecule has 1 amide bonds. The Balaban J connectivity index is 1.93. The van der Waals surface area contributed by atoms with Crippen molar-refractivity contribution < 1.29 is 24.2 Å². The maximum absolute atomic E-state index is 12.5. The van der Waals surface area contributed by atoms with Crippen molar-refractivity contribution in [2.24, 2.45) is 0 Å². The van der Waals surface area contributed by atoms with Gasteiger partial charge >= 0.3 is 0 Å². The molecular formula is C19H23NO5. The smallest absolute Gasteiger partial charge is 0.290 e. The summed E-state index contributed by atoms with van der Waals surface area (Å²) in [5.41, 5.74) is 0.913. The van der Waals surface area contributed by atoms with Gasteiger partial charge in [-0.1, -0.05) is 12.1 Å². The SMILES string of the molecule is CCOc1ccc([C@H]2C(C(C)=O)=C(O)C(=O)N2C[C@@H]2CCCO2)cc1. The molecule has 0 radical (unpaired) electrons. The van der Waals surface area contributed by atoms with Crippen LogP contribution in [0.25, 0.3) is 0 Å². The first-order valence-corrected chi connectivity index (χ1v) is 8.62. The second-order valence-corrected chi connectivity index (χ2v) is 6.32. The van der Waals surface area contributed by atoms with Gasteiger partial charge < -0.3 is 19.5 Å². The summed E-state index contributed by atoms with van der Waals surface area (Å²) in [4.78, 5) is 26.2. The average molecular weight is 345 g/mol. The zero-order valence-electron chi connectivity index (χ0n) is 14.5. The van der Waals surface area contributed by atoms with Crippen molar-refractivity contribution in [3.8, 4) is 5.75 Å². The highest BCUT2D eigenvalue weighted by molar-refractivity contribution is 6.08. The summed E-state index contributed by atoms with van der Waals surface area (Å²) in [6.07, 6.45) is 1.77. The molecule has 6 nitrogen and oxygen atoms in total. The van der Waals surface area contributed by atoms with E-state index in [9.17, 15) is 14.7 Å². The molecule has 0 bridgehead atoms. The van der Waals surface area contributed by atoms with Crippen LogP contribution < -0.4 is 4.74 Å². The van der Waals surface area contributed by atoms with Crippen molar-refractivity contribution in [1.82, 2.24) is 4.90 Å². The van der Waals surface area contributed by atoms with E-state index in [0.717, 1.165) is 24.2 Å². The number of rotatable bonds is 6. The molecule has 1 aromatic rings. The summed E-state index contributed by atoms with van der Waals surface area (Å²) in [5, 5.41) is 10.2. The number of carbonyl (C=O) groups is 2. The van der Waals surface area contributed by atoms with E-state index in [1.807, 2.05) is 19.1 Å². The van der Waals surface area contributed by atoms with Gasteiger partial charge in [0.1, 0.15) is 5.75 Å². The third-order valence-corrected chi connectivity index (χ3v) is 4.61. The number of aliphatic hydroxyl groups excluding tert-OH is 1. The van der Waals surface area contributed by atoms with Crippen molar-refractivity contribution in [3.63, 3.8) is 0 Å². The molecule has 2 aliphatic rings. The second-order valence-electron chi connectivity index (χ2n) is 6.32. The van der Waals surface area contributed by atoms with E-state index in [1.54, 1.807) is 12.1 Å². The van der Waals surface area contributed by atoms with Crippen molar-refractivity contribution in [3.05, 3.63) is 41.2 Å². The second kappa shape index (κ2) is 7.27. The Morgan fingerprint density at radius 1 is 1.36 bits per heavy atom. The molecule has 1 N–H and O–H groups in total. The van der Waals surface area contributed by atoms with Crippen LogP contribution in [0.2, 0.25) is 0 Å². The van der Waals surface area contributed by atoms with Crippen LogP contribution >= 0.6 is 0 Å². The summed E-state index contributed by atoms with van der Waals surface area (Å²) in [7, 11) is 0. The van der Waals surface area contributed by atoms with Crippen molar-refractivity contribution in [2.45, 2.75) is 38.8 Å². The van der Waals surface area contributed by atoms with Crippen LogP contribution in [0.15, 0.2) is 35.6 Å². The highest BCUT2D eigenvalue weighted by Gasteiger charge is 2.43. The first kappa shape index (κ1) is 17.5. The van der Waals surface area contributed by atoms with E-state index >= 15 is 0 Å². The van der Waals surface area contributed by atoms with Crippen LogP contribution in [0.3, 0.4) is 0 Å². The largest absolute Gasteiger partial charge is 0.503 e. The number of amides is 1. The van der Waals surface area contributed by atoms with E-state index in [1.165, 1.54) is 11.8 Å². The first-order valence-electron chi connectivity index (χ1n) is 8.62. The van der Waals surface area contributed by atoms with E-state index in [0.29, 0.717) is 19.8 Å². The van der Waals surface area contributed by atoms with Crippen LogP contribution in [0, 0.1) is 0 Å². The minimum Gasteiger partial charge on any atom is -0.503 e. The Kier molecular flexibility index (Phi) is 5.08. The first-order chi connectivity index (χ1) is 12.0. The number of ether oxygens (including phenoxy) is 2. The average Bonchev–Trinajstić information content (AvgIpc) is 3.18. The van der Waals surface area contributed by atoms with Gasteiger partial charge in [0.05, 0.1) is 24.3 Å². The van der Waals surface area contributed by atoms with E-state index in [-0.39, 0.29) is 17.5 Å². The van der Waals surface area contributed by atoms with Crippen LogP contribution in [-0.4, -0.2) is 47.6 Å². The Labute approximate surface area is 147 Å². The minimum absolute atomic E-state index is 0.0618. The van der Waals surface area contributed by atoms with E-state index < -0.39 is 17.7 Å². The predicted octanol–water partition coefficient (Wildman–Crippen LogP) is 2.55. The van der Waals surface area contributed by atoms with Gasteiger partial charge in [-0.05, 0) is 44.4 Å². The molecule has 1 fully saturated rings. The number of aliphatic hydroxyl groups is 1. The monoisotopic (exact) mass is 345 g/mol. The highest BCUT2D eigenvalue weighted by Crippen LogP contribution is 2.38. The third kappa shape index (κ3) is 3.39. The van der Waals surface area contributed by atoms with Crippen LogP contribution in [0.4, 0.5) is 0 Å². The molecule has 1 saturated heterocycles. The fourth-order valence-electron chi connectivity index (χ4n) is 3.47. The molecule has 0 aromatic heterocycles. The van der Waals surface area contributed by atoms with Gasteiger partial charge in [-0.25, -0.2) is 0 Å². The number of ketones is 1. The fraction of sp³-hybridized carbons (Fsp3) is 0.474. The molecule has 25 heavy (non-hydrogen) atoms. The predicted molar refractivity (Wildman–Crippen MR) is 91.4 cm³/mol. The summed E-state index contributed by atoms with van der Waals surface area (Å²) in [6, 6.07) is 6.67. The normalized spacial score (nSPS) is 23.4. The maximum Gasteiger partial charge on any atom is 0.290 e. The Hall–Kier alpha value is -2.34. The number of benzene rings is 1. The van der Waals surface area contributed by atoms with Crippen LogP contribution in [0.5, 0.6) is 5.75 Å². The molecule has 1 aromatic carbocycles. The lowest BCUT2D eigenvalue weighted by molar-refractivity contribution is -0.131. The molecule has 2 aliphatic heterocycles. The van der Waals surface area contributed by atoms with Crippen molar-refractivity contribution in [2.75, 3.05) is 19.8 Å². The number of hydrogen-bond acceptors (Lipinski definition) is 5. The fourth-order valence-corrected chi connectivity index (χ4v) is 3.47. The van der Waals surface area contributed by atoms with Gasteiger partial charge in [-0.2, -0.15) is 0 Å². The van der Waals surface area contributed by atoms with Crippen molar-refractivity contribution >= 4 is 11.7 Å². The van der Waals surface area contributed by atoms with Gasteiger partial charge in [-0.3, -0.25) is 9.59 Å². The van der Waals surface area contributed by atoms with Gasteiger partial charge in [0.15, 0.2) is 11.5 Å². The number of nitrogens with zero attached hydrogens (tertiary/aromatic N) is 1. The molecule has 0 saturated carbocycles. The van der Waals surface area contributed by atoms with E-state index in [4.69, 9.17) is 9.47 Å². The Morgan fingerprint density at radius 2 is 2.08 bits per heavy atom. The van der Waals surface area contributed by atoms with Gasteiger partial charge in [0.25, 0.3) is 5.91 Å². The number of Topliss-reactive ketones (excluding diaryl/α,β-unsaturated/α-hetero) is 1. The molecule has 2 heterocycles. The lowest BCUT2D eigenvalue weighted by Crippen LogP contribution is -2.37. The molecule has 3 rings (SSSR count). The number of carbonyl (C=O) groups excluding carboxylic acids is 2. The summed E-state index contributed by atoms with van der Waals surface area (Å²) in [6.45, 7) is 4.88. The van der Waals surface area contributed by atoms with Gasteiger partial charge in [0, 0.05) is 13.2 Å². The molecule has 134 valence electrons. The van der Waals surface area contributed by atoms with Crippen molar-refractivity contribution in [1.29, 1.82) is 0 Å². The lowest BCUT2D eigenvalue weighted by atomic mass is 9.96. The molecule has 0 spiro atoms. The minimum atomic E-state index is -0.593. The zero-order chi connectivity index (χ0) is 18.0. The zero-order valence-corrected chi connectivity index (χ0v) is 14.5. The molecule has 2 atom stereocenters. The highest BCUT2D eigenvalue weighted by atomic mass is 16.5. The molecular weight excluding hydrogens is 322 g/mol. The molecule has 0 aliphatic carbocycles. The van der Waals surface area contributed by atoms with Crippen LogP contribution in [0.1, 0.15) is 38.3 Å². The van der Waals surface area contributed by atoms with Gasteiger partial charge in [0.2, 0.25) is 0 Å². The number of hydrogen-bond donors (Lipinski definition) is 1. The summed E-state index contributed by atoms with van der Waals surface area (Å²) in [5.74, 6) is -0.553. The molecule has 6 heteroatoms. The van der Waals surface area contributed by atoms with Crippen LogP contribution in [-0.2, 0) is 14.3 Å². The Morgan fingerprint density at radius 3 is 2.64 bits per heavy atom. The lowest BCUT2D eigenvalue weighted by Gasteiger charge is -2.28. The third-order valence-electron chi connectivity index (χ3n) is 4.61. The van der Waals surface area contributed by atoms with Gasteiger partial charge in [-0.15, -0.1) is 0 Å². The quantitative estimate of drug-likeness (QED) is 0.857. The molecule has 0 unspecified atom stereocenters. The summed E-state index contributed by atoms with van der Waals surface area (Å²) < 4.78 is 11.1. The summed E-state index contributed by atoms with van der Waals surface area (Å²) >= 11 is 0. The standard InChI is InChI=1S/C19H23NO5/c1-3-24-14-8-6-13(7-9-14)17-16(12(2)21)18(22)19(23)20(17)11-15-5-4-10-25-15/h6-9,15,17,22H,3-5,10-11H2,1-2H3/t15-,17-/m0/s1.